The van der Waals surface area contributed by atoms with Gasteiger partial charge in [-0.25, -0.2) is 4.79 Å². The SMILES string of the molecule is CC(=O)N[C@H]1CCN(CC(=O)Nc2cccc(C(=O)O)c2)C1. The summed E-state index contributed by atoms with van der Waals surface area (Å²) in [6.45, 7) is 3.08. The third kappa shape index (κ3) is 4.56. The molecule has 0 bridgehead atoms. The van der Waals surface area contributed by atoms with Gasteiger partial charge in [-0.1, -0.05) is 6.07 Å². The van der Waals surface area contributed by atoms with Gasteiger partial charge >= 0.3 is 5.97 Å². The third-order valence-electron chi connectivity index (χ3n) is 3.44. The van der Waals surface area contributed by atoms with Crippen molar-refractivity contribution in [3.05, 3.63) is 29.8 Å². The van der Waals surface area contributed by atoms with Gasteiger partial charge in [0.1, 0.15) is 0 Å². The molecule has 7 heteroatoms. The topological polar surface area (TPSA) is 98.7 Å². The highest BCUT2D eigenvalue weighted by molar-refractivity contribution is 5.94. The molecular weight excluding hydrogens is 286 g/mol. The average Bonchev–Trinajstić information content (AvgIpc) is 2.85. The van der Waals surface area contributed by atoms with Crippen LogP contribution in [-0.4, -0.2) is 53.5 Å². The van der Waals surface area contributed by atoms with Crippen LogP contribution in [0.25, 0.3) is 0 Å². The molecule has 118 valence electrons. The Labute approximate surface area is 128 Å². The number of carbonyl (C=O) groups is 3. The summed E-state index contributed by atoms with van der Waals surface area (Å²) in [7, 11) is 0. The van der Waals surface area contributed by atoms with Crippen molar-refractivity contribution in [3.8, 4) is 0 Å². The Bertz CT molecular complexity index is 588. The lowest BCUT2D eigenvalue weighted by atomic mass is 10.2. The van der Waals surface area contributed by atoms with Crippen molar-refractivity contribution in [2.75, 3.05) is 25.0 Å². The fourth-order valence-corrected chi connectivity index (χ4v) is 2.52. The molecule has 0 unspecified atom stereocenters. The van der Waals surface area contributed by atoms with E-state index in [4.69, 9.17) is 5.11 Å². The fourth-order valence-electron chi connectivity index (χ4n) is 2.52. The molecule has 0 spiro atoms. The number of hydrogen-bond acceptors (Lipinski definition) is 4. The first-order valence-corrected chi connectivity index (χ1v) is 7.06. The van der Waals surface area contributed by atoms with Crippen molar-refractivity contribution in [2.45, 2.75) is 19.4 Å². The molecule has 1 saturated heterocycles. The number of carbonyl (C=O) groups excluding carboxylic acids is 2. The Balaban J connectivity index is 1.85. The first-order chi connectivity index (χ1) is 10.4. The van der Waals surface area contributed by atoms with Gasteiger partial charge in [0.05, 0.1) is 12.1 Å². The summed E-state index contributed by atoms with van der Waals surface area (Å²) < 4.78 is 0. The molecule has 1 atom stereocenters. The highest BCUT2D eigenvalue weighted by atomic mass is 16.4. The Morgan fingerprint density at radius 1 is 1.36 bits per heavy atom. The van der Waals surface area contributed by atoms with Gasteiger partial charge in [0.2, 0.25) is 11.8 Å². The summed E-state index contributed by atoms with van der Waals surface area (Å²) in [6, 6.07) is 6.21. The highest BCUT2D eigenvalue weighted by Gasteiger charge is 2.24. The summed E-state index contributed by atoms with van der Waals surface area (Å²) in [4.78, 5) is 35.8. The number of carboxylic acids is 1. The van der Waals surface area contributed by atoms with Crippen LogP contribution in [0.3, 0.4) is 0 Å². The predicted octanol–water partition coefficient (Wildman–Crippen LogP) is 0.534. The molecule has 0 aliphatic carbocycles. The molecule has 3 N–H and O–H groups in total. The zero-order chi connectivity index (χ0) is 16.1. The third-order valence-corrected chi connectivity index (χ3v) is 3.44. The Morgan fingerprint density at radius 2 is 2.14 bits per heavy atom. The van der Waals surface area contributed by atoms with Crippen LogP contribution in [0.15, 0.2) is 24.3 Å². The van der Waals surface area contributed by atoms with Gasteiger partial charge in [-0.3, -0.25) is 14.5 Å². The number of carboxylic acid groups (broad SMARTS) is 1. The summed E-state index contributed by atoms with van der Waals surface area (Å²) in [5.41, 5.74) is 0.590. The van der Waals surface area contributed by atoms with E-state index in [1.54, 1.807) is 12.1 Å². The van der Waals surface area contributed by atoms with E-state index in [0.29, 0.717) is 12.2 Å². The van der Waals surface area contributed by atoms with Crippen molar-refractivity contribution < 1.29 is 19.5 Å². The second kappa shape index (κ2) is 7.04. The molecule has 1 aromatic rings. The van der Waals surface area contributed by atoms with Crippen LogP contribution in [0.5, 0.6) is 0 Å². The van der Waals surface area contributed by atoms with E-state index in [9.17, 15) is 14.4 Å². The molecule has 1 heterocycles. The summed E-state index contributed by atoms with van der Waals surface area (Å²) in [5.74, 6) is -1.30. The summed E-state index contributed by atoms with van der Waals surface area (Å²) >= 11 is 0. The van der Waals surface area contributed by atoms with Crippen LogP contribution in [0, 0.1) is 0 Å². The monoisotopic (exact) mass is 305 g/mol. The summed E-state index contributed by atoms with van der Waals surface area (Å²) in [6.07, 6.45) is 0.821. The number of hydrogen-bond donors (Lipinski definition) is 3. The zero-order valence-corrected chi connectivity index (χ0v) is 12.3. The van der Waals surface area contributed by atoms with Gasteiger partial charge in [-0.2, -0.15) is 0 Å². The van der Waals surface area contributed by atoms with E-state index in [-0.39, 0.29) is 30.0 Å². The molecule has 1 aromatic carbocycles. The van der Waals surface area contributed by atoms with Crippen LogP contribution in [0.1, 0.15) is 23.7 Å². The molecule has 0 saturated carbocycles. The molecular formula is C15H19N3O4. The molecule has 1 aliphatic heterocycles. The van der Waals surface area contributed by atoms with Crippen molar-refractivity contribution in [1.82, 2.24) is 10.2 Å². The number of amides is 2. The van der Waals surface area contributed by atoms with E-state index in [1.807, 2.05) is 4.90 Å². The Morgan fingerprint density at radius 3 is 2.82 bits per heavy atom. The van der Waals surface area contributed by atoms with E-state index < -0.39 is 5.97 Å². The van der Waals surface area contributed by atoms with Gasteiger partial charge < -0.3 is 15.7 Å². The molecule has 2 amide bonds. The van der Waals surface area contributed by atoms with Crippen LogP contribution in [-0.2, 0) is 9.59 Å². The number of nitrogens with zero attached hydrogens (tertiary/aromatic N) is 1. The summed E-state index contributed by atoms with van der Waals surface area (Å²) in [5, 5.41) is 14.4. The highest BCUT2D eigenvalue weighted by Crippen LogP contribution is 2.12. The molecule has 1 fully saturated rings. The van der Waals surface area contributed by atoms with Crippen LogP contribution in [0.2, 0.25) is 0 Å². The van der Waals surface area contributed by atoms with E-state index in [0.717, 1.165) is 13.0 Å². The molecule has 1 aliphatic rings. The Hall–Kier alpha value is -2.41. The smallest absolute Gasteiger partial charge is 0.335 e. The molecule has 2 rings (SSSR count). The van der Waals surface area contributed by atoms with Crippen molar-refractivity contribution in [3.63, 3.8) is 0 Å². The molecule has 22 heavy (non-hydrogen) atoms. The zero-order valence-electron chi connectivity index (χ0n) is 12.3. The second-order valence-electron chi connectivity index (χ2n) is 5.36. The normalized spacial score (nSPS) is 18.0. The lowest BCUT2D eigenvalue weighted by Gasteiger charge is -2.16. The minimum absolute atomic E-state index is 0.0678. The lowest BCUT2D eigenvalue weighted by Crippen LogP contribution is -2.37. The molecule has 0 aromatic heterocycles. The minimum Gasteiger partial charge on any atom is -0.478 e. The fraction of sp³-hybridized carbons (Fsp3) is 0.400. The van der Waals surface area contributed by atoms with Gasteiger partial charge in [0.15, 0.2) is 0 Å². The molecule has 7 nitrogen and oxygen atoms in total. The van der Waals surface area contributed by atoms with Crippen LogP contribution < -0.4 is 10.6 Å². The first kappa shape index (κ1) is 16.0. The maximum atomic E-state index is 12.0. The van der Waals surface area contributed by atoms with Gasteiger partial charge in [0.25, 0.3) is 0 Å². The number of anilines is 1. The van der Waals surface area contributed by atoms with E-state index in [1.165, 1.54) is 19.1 Å². The maximum absolute atomic E-state index is 12.0. The number of rotatable bonds is 5. The van der Waals surface area contributed by atoms with Gasteiger partial charge in [0, 0.05) is 31.7 Å². The van der Waals surface area contributed by atoms with Crippen molar-refractivity contribution in [1.29, 1.82) is 0 Å². The van der Waals surface area contributed by atoms with Gasteiger partial charge in [-0.15, -0.1) is 0 Å². The standard InChI is InChI=1S/C15H19N3O4/c1-10(19)16-13-5-6-18(8-13)9-14(20)17-12-4-2-3-11(7-12)15(21)22/h2-4,7,13H,5-6,8-9H2,1H3,(H,16,19)(H,17,20)(H,21,22)/t13-/m0/s1. The maximum Gasteiger partial charge on any atom is 0.335 e. The van der Waals surface area contributed by atoms with E-state index >= 15 is 0 Å². The van der Waals surface area contributed by atoms with Crippen LogP contribution >= 0.6 is 0 Å². The number of likely N-dealkylation sites (tertiary alicyclic amines) is 1. The van der Waals surface area contributed by atoms with E-state index in [2.05, 4.69) is 10.6 Å². The van der Waals surface area contributed by atoms with Crippen molar-refractivity contribution in [2.24, 2.45) is 0 Å². The van der Waals surface area contributed by atoms with Gasteiger partial charge in [-0.05, 0) is 24.6 Å². The second-order valence-corrected chi connectivity index (χ2v) is 5.36. The Kier molecular flexibility index (Phi) is 5.11. The minimum atomic E-state index is -1.03. The average molecular weight is 305 g/mol. The first-order valence-electron chi connectivity index (χ1n) is 7.06. The quantitative estimate of drug-likeness (QED) is 0.737. The van der Waals surface area contributed by atoms with Crippen molar-refractivity contribution >= 4 is 23.5 Å². The number of aromatic carboxylic acids is 1. The number of nitrogens with one attached hydrogen (secondary N) is 2. The lowest BCUT2D eigenvalue weighted by molar-refractivity contribution is -0.119. The number of benzene rings is 1. The molecule has 0 radical (unpaired) electrons. The largest absolute Gasteiger partial charge is 0.478 e. The van der Waals surface area contributed by atoms with Crippen LogP contribution in [0.4, 0.5) is 5.69 Å². The predicted molar refractivity (Wildman–Crippen MR) is 80.7 cm³/mol.